The summed E-state index contributed by atoms with van der Waals surface area (Å²) < 4.78 is 11.0. The summed E-state index contributed by atoms with van der Waals surface area (Å²) in [6, 6.07) is 35.0. The molecular formula is C37H28BrN3O3S. The van der Waals surface area contributed by atoms with Crippen LogP contribution in [0.15, 0.2) is 135 Å². The topological polar surface area (TPSA) is 65.6 Å². The predicted molar refractivity (Wildman–Crippen MR) is 183 cm³/mol. The Labute approximate surface area is 272 Å². The number of rotatable bonds is 7. The molecular weight excluding hydrogens is 646 g/mol. The maximum absolute atomic E-state index is 14.3. The number of para-hydroxylation sites is 1. The van der Waals surface area contributed by atoms with Crippen LogP contribution >= 0.6 is 27.3 Å². The quantitative estimate of drug-likeness (QED) is 0.177. The summed E-state index contributed by atoms with van der Waals surface area (Å²) in [5.74, 6) is -0.487. The van der Waals surface area contributed by atoms with Crippen molar-refractivity contribution in [2.24, 2.45) is 4.99 Å². The highest BCUT2D eigenvalue weighted by molar-refractivity contribution is 9.10. The van der Waals surface area contributed by atoms with Gasteiger partial charge < -0.3 is 9.30 Å². The molecule has 0 bridgehead atoms. The highest BCUT2D eigenvalue weighted by Gasteiger charge is 2.35. The summed E-state index contributed by atoms with van der Waals surface area (Å²) in [5.41, 5.74) is 5.45. The number of ether oxygens (including phenoxy) is 1. The Morgan fingerprint density at radius 3 is 2.36 bits per heavy atom. The van der Waals surface area contributed by atoms with Crippen molar-refractivity contribution in [1.29, 1.82) is 0 Å². The van der Waals surface area contributed by atoms with E-state index in [9.17, 15) is 9.59 Å². The molecule has 1 aliphatic rings. The minimum Gasteiger partial charge on any atom is -0.463 e. The Kier molecular flexibility index (Phi) is 7.92. The second-order valence-corrected chi connectivity index (χ2v) is 12.6. The van der Waals surface area contributed by atoms with Crippen molar-refractivity contribution in [3.63, 3.8) is 0 Å². The van der Waals surface area contributed by atoms with Crippen LogP contribution in [-0.2, 0) is 16.1 Å². The summed E-state index contributed by atoms with van der Waals surface area (Å²) in [7, 11) is 0. The lowest BCUT2D eigenvalue weighted by atomic mass is 9.93. The molecule has 45 heavy (non-hydrogen) atoms. The van der Waals surface area contributed by atoms with Gasteiger partial charge in [0.2, 0.25) is 0 Å². The molecule has 0 saturated heterocycles. The van der Waals surface area contributed by atoms with Crippen molar-refractivity contribution in [1.82, 2.24) is 9.13 Å². The number of esters is 1. The van der Waals surface area contributed by atoms with Crippen LogP contribution in [0.3, 0.4) is 0 Å². The molecule has 4 aromatic carbocycles. The Hall–Kier alpha value is -4.79. The summed E-state index contributed by atoms with van der Waals surface area (Å²) in [4.78, 5) is 33.5. The second kappa shape index (κ2) is 12.3. The van der Waals surface area contributed by atoms with Crippen molar-refractivity contribution in [2.45, 2.75) is 19.5 Å². The van der Waals surface area contributed by atoms with Gasteiger partial charge in [-0.3, -0.25) is 9.36 Å². The van der Waals surface area contributed by atoms with Crippen molar-refractivity contribution in [3.05, 3.63) is 167 Å². The summed E-state index contributed by atoms with van der Waals surface area (Å²) in [6.45, 7) is 2.68. The van der Waals surface area contributed by atoms with Gasteiger partial charge in [-0.25, -0.2) is 9.79 Å². The number of thiazole rings is 1. The largest absolute Gasteiger partial charge is 0.463 e. The lowest BCUT2D eigenvalue weighted by Gasteiger charge is -2.25. The number of benzene rings is 4. The fraction of sp³-hybridized carbons (Fsp3) is 0.108. The third-order valence-electron chi connectivity index (χ3n) is 7.86. The Morgan fingerprint density at radius 1 is 0.933 bits per heavy atom. The Balaban J connectivity index is 1.44. The molecule has 0 N–H and O–H groups in total. The first-order chi connectivity index (χ1) is 22.0. The lowest BCUT2D eigenvalue weighted by Crippen LogP contribution is -2.39. The first kappa shape index (κ1) is 29.0. The number of aromatic nitrogens is 2. The first-order valence-corrected chi connectivity index (χ1v) is 16.3. The molecule has 6 nitrogen and oxygen atoms in total. The molecule has 2 aromatic heterocycles. The van der Waals surface area contributed by atoms with Gasteiger partial charge >= 0.3 is 5.97 Å². The van der Waals surface area contributed by atoms with Gasteiger partial charge in [-0.2, -0.15) is 0 Å². The highest BCUT2D eigenvalue weighted by atomic mass is 79.9. The third kappa shape index (κ3) is 5.52. The first-order valence-electron chi connectivity index (χ1n) is 14.7. The molecule has 0 saturated carbocycles. The van der Waals surface area contributed by atoms with Crippen molar-refractivity contribution in [3.8, 4) is 0 Å². The number of nitrogens with zero attached hydrogens (tertiary/aromatic N) is 3. The molecule has 1 aliphatic heterocycles. The van der Waals surface area contributed by atoms with E-state index in [-0.39, 0.29) is 12.2 Å². The zero-order valence-electron chi connectivity index (χ0n) is 24.4. The maximum atomic E-state index is 14.3. The number of carbonyl (C=O) groups excluding carboxylic acids is 1. The third-order valence-corrected chi connectivity index (χ3v) is 9.37. The fourth-order valence-corrected chi connectivity index (χ4v) is 7.10. The average molecular weight is 675 g/mol. The van der Waals surface area contributed by atoms with Gasteiger partial charge in [-0.15, -0.1) is 0 Å². The lowest BCUT2D eigenvalue weighted by molar-refractivity contribution is -0.138. The van der Waals surface area contributed by atoms with Crippen LogP contribution in [0, 0.1) is 0 Å². The summed E-state index contributed by atoms with van der Waals surface area (Å²) in [5, 5.41) is 1.05. The van der Waals surface area contributed by atoms with E-state index in [1.165, 1.54) is 16.9 Å². The Morgan fingerprint density at radius 2 is 1.62 bits per heavy atom. The van der Waals surface area contributed by atoms with Gasteiger partial charge in [-0.05, 0) is 42.3 Å². The summed E-state index contributed by atoms with van der Waals surface area (Å²) in [6.07, 6.45) is 4.04. The molecule has 0 spiro atoms. The molecule has 222 valence electrons. The van der Waals surface area contributed by atoms with Crippen LogP contribution < -0.4 is 14.9 Å². The van der Waals surface area contributed by atoms with Crippen LogP contribution in [0.2, 0.25) is 0 Å². The molecule has 8 heteroatoms. The van der Waals surface area contributed by atoms with Crippen LogP contribution in [0.25, 0.3) is 22.7 Å². The van der Waals surface area contributed by atoms with E-state index in [0.717, 1.165) is 32.1 Å². The van der Waals surface area contributed by atoms with E-state index in [4.69, 9.17) is 9.73 Å². The smallest absolute Gasteiger partial charge is 0.338 e. The number of fused-ring (bicyclic) bond motifs is 2. The van der Waals surface area contributed by atoms with Crippen LogP contribution in [-0.4, -0.2) is 21.7 Å². The van der Waals surface area contributed by atoms with Gasteiger partial charge in [-0.1, -0.05) is 118 Å². The molecule has 7 rings (SSSR count). The minimum absolute atomic E-state index is 0.203. The SMILES string of the molecule is CCOC(=O)C1=C(c2ccccc2)N=c2s/c(=C\c3cn(Cc4ccc(Br)cc4)c4ccccc34)c(=O)n2[C@@H]1c1ccccc1. The zero-order valence-corrected chi connectivity index (χ0v) is 26.8. The van der Waals surface area contributed by atoms with E-state index in [1.807, 2.05) is 91.0 Å². The molecule has 0 amide bonds. The molecule has 0 aliphatic carbocycles. The van der Waals surface area contributed by atoms with E-state index < -0.39 is 12.0 Å². The second-order valence-electron chi connectivity index (χ2n) is 10.7. The van der Waals surface area contributed by atoms with E-state index in [1.54, 1.807) is 11.5 Å². The monoisotopic (exact) mass is 673 g/mol. The van der Waals surface area contributed by atoms with Gasteiger partial charge in [0.25, 0.3) is 5.56 Å². The minimum atomic E-state index is -0.697. The van der Waals surface area contributed by atoms with Crippen molar-refractivity contribution in [2.75, 3.05) is 6.61 Å². The van der Waals surface area contributed by atoms with Gasteiger partial charge in [0, 0.05) is 39.2 Å². The molecule has 0 radical (unpaired) electrons. The van der Waals surface area contributed by atoms with Gasteiger partial charge in [0.1, 0.15) is 0 Å². The molecule has 6 aromatic rings. The standard InChI is InChI=1S/C37H28BrN3O3S/c1-2-44-36(43)32-33(25-11-5-3-6-12-25)39-37-41(34(32)26-13-7-4-8-14-26)35(42)31(45-37)21-27-23-40(30-16-10-9-15-29(27)30)22-24-17-19-28(38)20-18-24/h3-21,23,34H,2,22H2,1H3/b31-21-/t34-/m1/s1. The van der Waals surface area contributed by atoms with Crippen molar-refractivity contribution >= 4 is 55.9 Å². The highest BCUT2D eigenvalue weighted by Crippen LogP contribution is 2.35. The number of hydrogen-bond acceptors (Lipinski definition) is 5. The predicted octanol–water partition coefficient (Wildman–Crippen LogP) is 6.70. The molecule has 3 heterocycles. The Bertz CT molecular complexity index is 2250. The fourth-order valence-electron chi connectivity index (χ4n) is 5.84. The van der Waals surface area contributed by atoms with E-state index in [0.29, 0.717) is 27.1 Å². The van der Waals surface area contributed by atoms with Crippen LogP contribution in [0.4, 0.5) is 0 Å². The molecule has 0 unspecified atom stereocenters. The van der Waals surface area contributed by atoms with Gasteiger partial charge in [0.15, 0.2) is 4.80 Å². The number of carbonyl (C=O) groups is 1. The van der Waals surface area contributed by atoms with Crippen LogP contribution in [0.5, 0.6) is 0 Å². The number of hydrogen-bond donors (Lipinski definition) is 0. The number of halogens is 1. The normalized spacial score (nSPS) is 14.8. The maximum Gasteiger partial charge on any atom is 0.338 e. The average Bonchev–Trinajstić information content (AvgIpc) is 3.58. The molecule has 1 atom stereocenters. The van der Waals surface area contributed by atoms with E-state index >= 15 is 0 Å². The molecule has 0 fully saturated rings. The summed E-state index contributed by atoms with van der Waals surface area (Å²) >= 11 is 4.85. The van der Waals surface area contributed by atoms with Crippen molar-refractivity contribution < 1.29 is 9.53 Å². The van der Waals surface area contributed by atoms with Gasteiger partial charge in [0.05, 0.1) is 28.5 Å². The zero-order chi connectivity index (χ0) is 30.9. The van der Waals surface area contributed by atoms with E-state index in [2.05, 4.69) is 51.0 Å². The van der Waals surface area contributed by atoms with Crippen LogP contribution in [0.1, 0.15) is 35.2 Å².